The van der Waals surface area contributed by atoms with Crippen molar-refractivity contribution in [3.63, 3.8) is 0 Å². The SMILES string of the molecule is COP(=O)(CCCc1ccccc1)OC. The molecular weight excluding hydrogens is 211 g/mol. The minimum absolute atomic E-state index is 0.467. The summed E-state index contributed by atoms with van der Waals surface area (Å²) in [4.78, 5) is 0. The molecule has 0 saturated heterocycles. The highest BCUT2D eigenvalue weighted by Gasteiger charge is 2.19. The zero-order chi connectivity index (χ0) is 11.1. The van der Waals surface area contributed by atoms with Gasteiger partial charge in [0.25, 0.3) is 0 Å². The van der Waals surface area contributed by atoms with Crippen molar-refractivity contribution in [1.82, 2.24) is 0 Å². The van der Waals surface area contributed by atoms with Crippen LogP contribution in [0.3, 0.4) is 0 Å². The third-order valence-electron chi connectivity index (χ3n) is 2.30. The molecular formula is C11H17O3P. The van der Waals surface area contributed by atoms with E-state index in [0.29, 0.717) is 6.16 Å². The van der Waals surface area contributed by atoms with Crippen LogP contribution >= 0.6 is 7.60 Å². The van der Waals surface area contributed by atoms with E-state index in [2.05, 4.69) is 12.1 Å². The molecule has 0 spiro atoms. The first-order valence-corrected chi connectivity index (χ1v) is 6.67. The molecule has 0 aliphatic heterocycles. The summed E-state index contributed by atoms with van der Waals surface area (Å²) < 4.78 is 21.4. The molecule has 0 N–H and O–H groups in total. The number of hydrogen-bond acceptors (Lipinski definition) is 3. The number of benzene rings is 1. The maximum absolute atomic E-state index is 11.7. The maximum Gasteiger partial charge on any atom is 0.330 e. The predicted octanol–water partition coefficient (Wildman–Crippen LogP) is 3.11. The Morgan fingerprint density at radius 2 is 1.73 bits per heavy atom. The normalized spacial score (nSPS) is 11.6. The summed E-state index contributed by atoms with van der Waals surface area (Å²) in [7, 11) is 0.0287. The van der Waals surface area contributed by atoms with Gasteiger partial charge in [0.1, 0.15) is 0 Å². The molecule has 0 heterocycles. The molecule has 0 aromatic heterocycles. The molecule has 0 radical (unpaired) electrons. The highest BCUT2D eigenvalue weighted by Crippen LogP contribution is 2.46. The molecule has 0 aliphatic carbocycles. The van der Waals surface area contributed by atoms with Crippen molar-refractivity contribution in [3.05, 3.63) is 35.9 Å². The molecule has 0 fully saturated rings. The second-order valence-electron chi connectivity index (χ2n) is 3.29. The molecule has 0 bridgehead atoms. The van der Waals surface area contributed by atoms with Crippen LogP contribution in [0.4, 0.5) is 0 Å². The van der Waals surface area contributed by atoms with E-state index >= 15 is 0 Å². The predicted molar refractivity (Wildman–Crippen MR) is 61.3 cm³/mol. The van der Waals surface area contributed by atoms with Gasteiger partial charge < -0.3 is 9.05 Å². The monoisotopic (exact) mass is 228 g/mol. The summed E-state index contributed by atoms with van der Waals surface area (Å²) in [5.74, 6) is 0. The highest BCUT2D eigenvalue weighted by atomic mass is 31.2. The Hall–Kier alpha value is -0.630. The van der Waals surface area contributed by atoms with Crippen molar-refractivity contribution in [2.75, 3.05) is 20.4 Å². The van der Waals surface area contributed by atoms with Crippen molar-refractivity contribution in [2.24, 2.45) is 0 Å². The average molecular weight is 228 g/mol. The standard InChI is InChI=1S/C11H17O3P/c1-13-15(12,14-2)10-6-9-11-7-4-3-5-8-11/h3-5,7-8H,6,9-10H2,1-2H3. The van der Waals surface area contributed by atoms with Gasteiger partial charge in [-0.15, -0.1) is 0 Å². The maximum atomic E-state index is 11.7. The van der Waals surface area contributed by atoms with E-state index in [-0.39, 0.29) is 0 Å². The van der Waals surface area contributed by atoms with Crippen LogP contribution in [0, 0.1) is 0 Å². The van der Waals surface area contributed by atoms with Crippen LogP contribution in [0.2, 0.25) is 0 Å². The number of rotatable bonds is 6. The number of aryl methyl sites for hydroxylation is 1. The summed E-state index contributed by atoms with van der Waals surface area (Å²) in [5.41, 5.74) is 1.25. The molecule has 1 rings (SSSR count). The molecule has 0 unspecified atom stereocenters. The Balaban J connectivity index is 2.36. The van der Waals surface area contributed by atoms with Gasteiger partial charge in [0, 0.05) is 14.2 Å². The van der Waals surface area contributed by atoms with E-state index in [1.807, 2.05) is 18.2 Å². The zero-order valence-corrected chi connectivity index (χ0v) is 10.1. The van der Waals surface area contributed by atoms with Crippen LogP contribution in [0.25, 0.3) is 0 Å². The van der Waals surface area contributed by atoms with Crippen molar-refractivity contribution in [3.8, 4) is 0 Å². The van der Waals surface area contributed by atoms with Gasteiger partial charge in [-0.2, -0.15) is 0 Å². The summed E-state index contributed by atoms with van der Waals surface area (Å²) in [6.45, 7) is 0. The fraction of sp³-hybridized carbons (Fsp3) is 0.455. The van der Waals surface area contributed by atoms with Gasteiger partial charge in [0.15, 0.2) is 0 Å². The van der Waals surface area contributed by atoms with E-state index in [1.165, 1.54) is 19.8 Å². The molecule has 0 saturated carbocycles. The first kappa shape index (κ1) is 12.4. The van der Waals surface area contributed by atoms with Gasteiger partial charge >= 0.3 is 7.60 Å². The highest BCUT2D eigenvalue weighted by molar-refractivity contribution is 7.53. The fourth-order valence-electron chi connectivity index (χ4n) is 1.38. The molecule has 0 aliphatic rings. The van der Waals surface area contributed by atoms with Crippen LogP contribution in [0.1, 0.15) is 12.0 Å². The number of hydrogen-bond donors (Lipinski definition) is 0. The third kappa shape index (κ3) is 4.17. The van der Waals surface area contributed by atoms with Crippen LogP contribution < -0.4 is 0 Å². The largest absolute Gasteiger partial charge is 0.330 e. The summed E-state index contributed by atoms with van der Waals surface area (Å²) >= 11 is 0. The van der Waals surface area contributed by atoms with E-state index < -0.39 is 7.60 Å². The van der Waals surface area contributed by atoms with Gasteiger partial charge in [-0.25, -0.2) is 0 Å². The Kier molecular flexibility index (Phi) is 5.03. The molecule has 4 heteroatoms. The van der Waals surface area contributed by atoms with Crippen LogP contribution in [0.15, 0.2) is 30.3 Å². The van der Waals surface area contributed by atoms with Crippen LogP contribution in [-0.4, -0.2) is 20.4 Å². The fourth-order valence-corrected chi connectivity index (χ4v) is 2.44. The molecule has 0 atom stereocenters. The Morgan fingerprint density at radius 1 is 1.13 bits per heavy atom. The lowest BCUT2D eigenvalue weighted by Gasteiger charge is -2.12. The molecule has 15 heavy (non-hydrogen) atoms. The lowest BCUT2D eigenvalue weighted by molar-refractivity contribution is 0.275. The van der Waals surface area contributed by atoms with E-state index in [4.69, 9.17) is 9.05 Å². The van der Waals surface area contributed by atoms with E-state index in [1.54, 1.807) is 0 Å². The Bertz CT molecular complexity index is 316. The van der Waals surface area contributed by atoms with E-state index in [9.17, 15) is 4.57 Å². The summed E-state index contributed by atoms with van der Waals surface area (Å²) in [5, 5.41) is 0. The minimum Gasteiger partial charge on any atom is -0.312 e. The van der Waals surface area contributed by atoms with Gasteiger partial charge in [0.05, 0.1) is 6.16 Å². The quantitative estimate of drug-likeness (QED) is 0.702. The average Bonchev–Trinajstić information content (AvgIpc) is 2.30. The summed E-state index contributed by atoms with van der Waals surface area (Å²) in [6, 6.07) is 10.1. The first-order valence-electron chi connectivity index (χ1n) is 4.94. The van der Waals surface area contributed by atoms with Crippen molar-refractivity contribution < 1.29 is 13.6 Å². The van der Waals surface area contributed by atoms with Gasteiger partial charge in [-0.05, 0) is 18.4 Å². The first-order chi connectivity index (χ1) is 7.20. The molecule has 0 amide bonds. The van der Waals surface area contributed by atoms with Gasteiger partial charge in [0.2, 0.25) is 0 Å². The Labute approximate surface area is 90.9 Å². The minimum atomic E-state index is -2.82. The Morgan fingerprint density at radius 3 is 2.27 bits per heavy atom. The van der Waals surface area contributed by atoms with Gasteiger partial charge in [-0.1, -0.05) is 30.3 Å². The topological polar surface area (TPSA) is 35.5 Å². The third-order valence-corrected chi connectivity index (χ3v) is 4.27. The summed E-state index contributed by atoms with van der Waals surface area (Å²) in [6.07, 6.45) is 2.18. The van der Waals surface area contributed by atoms with Gasteiger partial charge in [-0.3, -0.25) is 4.57 Å². The smallest absolute Gasteiger partial charge is 0.312 e. The van der Waals surface area contributed by atoms with Crippen molar-refractivity contribution in [2.45, 2.75) is 12.8 Å². The van der Waals surface area contributed by atoms with Crippen molar-refractivity contribution in [1.29, 1.82) is 0 Å². The second kappa shape index (κ2) is 6.06. The zero-order valence-electron chi connectivity index (χ0n) is 9.18. The molecule has 1 aromatic carbocycles. The van der Waals surface area contributed by atoms with Crippen LogP contribution in [0.5, 0.6) is 0 Å². The van der Waals surface area contributed by atoms with Crippen molar-refractivity contribution >= 4 is 7.60 Å². The second-order valence-corrected chi connectivity index (χ2v) is 5.69. The lowest BCUT2D eigenvalue weighted by Crippen LogP contribution is -1.96. The van der Waals surface area contributed by atoms with Crippen LogP contribution in [-0.2, 0) is 20.0 Å². The lowest BCUT2D eigenvalue weighted by atomic mass is 10.1. The van der Waals surface area contributed by atoms with E-state index in [0.717, 1.165) is 12.8 Å². The molecule has 84 valence electrons. The molecule has 1 aromatic rings. The molecule has 3 nitrogen and oxygen atoms in total.